The molecule has 27 heavy (non-hydrogen) atoms. The molecule has 140 valence electrons. The number of aliphatic carboxylic acids is 1. The van der Waals surface area contributed by atoms with Gasteiger partial charge >= 0.3 is 5.97 Å². The maximum atomic E-state index is 13.9. The summed E-state index contributed by atoms with van der Waals surface area (Å²) in [5.74, 6) is -1.80. The number of carboxylic acid groups (broad SMARTS) is 1. The van der Waals surface area contributed by atoms with E-state index in [2.05, 4.69) is 10.6 Å². The van der Waals surface area contributed by atoms with E-state index in [0.717, 1.165) is 12.5 Å². The van der Waals surface area contributed by atoms with Crippen LogP contribution in [0.1, 0.15) is 29.3 Å². The number of hydrogen-bond acceptors (Lipinski definition) is 3. The minimum Gasteiger partial charge on any atom is -0.481 e. The standard InChI is InChI=1S/C20H19FN2O4/c1-11-8-16(11)20(27)22-14-5-2-12(3-6-14)19(26)23-15-7-4-13(9-18(24)25)17(21)10-15/h2-7,10-11,16H,8-9H2,1H3,(H,22,27)(H,23,26)(H,24,25). The van der Waals surface area contributed by atoms with Crippen LogP contribution in [0.4, 0.5) is 15.8 Å². The number of carbonyl (C=O) groups excluding carboxylic acids is 2. The number of carbonyl (C=O) groups is 3. The summed E-state index contributed by atoms with van der Waals surface area (Å²) in [5, 5.41) is 14.1. The molecule has 3 rings (SSSR count). The van der Waals surface area contributed by atoms with Crippen molar-refractivity contribution in [2.75, 3.05) is 10.6 Å². The minimum absolute atomic E-state index is 0.0170. The molecule has 0 radical (unpaired) electrons. The van der Waals surface area contributed by atoms with E-state index in [4.69, 9.17) is 5.11 Å². The van der Waals surface area contributed by atoms with Crippen LogP contribution in [0.2, 0.25) is 0 Å². The molecule has 0 heterocycles. The first-order valence-electron chi connectivity index (χ1n) is 8.56. The van der Waals surface area contributed by atoms with Gasteiger partial charge in [-0.05, 0) is 54.3 Å². The van der Waals surface area contributed by atoms with Gasteiger partial charge in [0.25, 0.3) is 5.91 Å². The van der Waals surface area contributed by atoms with Gasteiger partial charge in [-0.25, -0.2) is 4.39 Å². The van der Waals surface area contributed by atoms with Gasteiger partial charge in [0, 0.05) is 22.9 Å². The van der Waals surface area contributed by atoms with E-state index in [-0.39, 0.29) is 23.1 Å². The van der Waals surface area contributed by atoms with E-state index in [1.54, 1.807) is 24.3 Å². The topological polar surface area (TPSA) is 95.5 Å². The number of halogens is 1. The highest BCUT2D eigenvalue weighted by Gasteiger charge is 2.39. The van der Waals surface area contributed by atoms with E-state index in [0.29, 0.717) is 17.2 Å². The molecule has 1 aliphatic carbocycles. The van der Waals surface area contributed by atoms with E-state index >= 15 is 0 Å². The van der Waals surface area contributed by atoms with E-state index in [1.807, 2.05) is 6.92 Å². The lowest BCUT2D eigenvalue weighted by atomic mass is 10.1. The van der Waals surface area contributed by atoms with Crippen molar-refractivity contribution in [1.82, 2.24) is 0 Å². The molecule has 0 aliphatic heterocycles. The minimum atomic E-state index is -1.13. The van der Waals surface area contributed by atoms with Crippen molar-refractivity contribution in [3.63, 3.8) is 0 Å². The Hall–Kier alpha value is -3.22. The van der Waals surface area contributed by atoms with Crippen molar-refractivity contribution < 1.29 is 23.9 Å². The van der Waals surface area contributed by atoms with Crippen LogP contribution in [-0.2, 0) is 16.0 Å². The number of amides is 2. The van der Waals surface area contributed by atoms with Crippen LogP contribution in [-0.4, -0.2) is 22.9 Å². The van der Waals surface area contributed by atoms with Crippen molar-refractivity contribution in [3.8, 4) is 0 Å². The normalized spacial score (nSPS) is 17.9. The van der Waals surface area contributed by atoms with Crippen LogP contribution in [0.25, 0.3) is 0 Å². The molecule has 1 fully saturated rings. The molecule has 2 amide bonds. The van der Waals surface area contributed by atoms with Crippen LogP contribution in [0.3, 0.4) is 0 Å². The number of anilines is 2. The molecule has 2 aromatic carbocycles. The fraction of sp³-hybridized carbons (Fsp3) is 0.250. The molecule has 2 unspecified atom stereocenters. The number of benzene rings is 2. The largest absolute Gasteiger partial charge is 0.481 e. The summed E-state index contributed by atoms with van der Waals surface area (Å²) in [6.45, 7) is 2.02. The SMILES string of the molecule is CC1CC1C(=O)Nc1ccc(C(=O)Nc2ccc(CC(=O)O)c(F)c2)cc1. The number of rotatable bonds is 6. The van der Waals surface area contributed by atoms with Crippen LogP contribution in [0.15, 0.2) is 42.5 Å². The smallest absolute Gasteiger partial charge is 0.307 e. The molecule has 7 heteroatoms. The molecule has 0 spiro atoms. The Morgan fingerprint density at radius 3 is 2.26 bits per heavy atom. The van der Waals surface area contributed by atoms with Crippen molar-refractivity contribution in [3.05, 3.63) is 59.4 Å². The third-order valence-corrected chi connectivity index (χ3v) is 4.51. The number of nitrogens with one attached hydrogen (secondary N) is 2. The summed E-state index contributed by atoms with van der Waals surface area (Å²) >= 11 is 0. The predicted octanol–water partition coefficient (Wildman–Crippen LogP) is 3.30. The first-order chi connectivity index (χ1) is 12.8. The van der Waals surface area contributed by atoms with Crippen LogP contribution < -0.4 is 10.6 Å². The average Bonchev–Trinajstić information content (AvgIpc) is 3.34. The predicted molar refractivity (Wildman–Crippen MR) is 98.0 cm³/mol. The molecule has 0 bridgehead atoms. The fourth-order valence-electron chi connectivity index (χ4n) is 2.76. The lowest BCUT2D eigenvalue weighted by Gasteiger charge is -2.09. The van der Waals surface area contributed by atoms with Gasteiger partial charge in [0.05, 0.1) is 6.42 Å². The molecule has 0 aromatic heterocycles. The number of hydrogen-bond donors (Lipinski definition) is 3. The van der Waals surface area contributed by atoms with Crippen LogP contribution >= 0.6 is 0 Å². The monoisotopic (exact) mass is 370 g/mol. The Kier molecular flexibility index (Phi) is 5.21. The Morgan fingerprint density at radius 1 is 1.07 bits per heavy atom. The second-order valence-electron chi connectivity index (χ2n) is 6.72. The van der Waals surface area contributed by atoms with E-state index < -0.39 is 24.1 Å². The van der Waals surface area contributed by atoms with E-state index in [1.165, 1.54) is 12.1 Å². The third kappa shape index (κ3) is 4.69. The van der Waals surface area contributed by atoms with Crippen molar-refractivity contribution in [1.29, 1.82) is 0 Å². The lowest BCUT2D eigenvalue weighted by molar-refractivity contribution is -0.136. The van der Waals surface area contributed by atoms with Crippen molar-refractivity contribution in [2.24, 2.45) is 11.8 Å². The summed E-state index contributed by atoms with van der Waals surface area (Å²) in [6, 6.07) is 10.3. The van der Waals surface area contributed by atoms with E-state index in [9.17, 15) is 18.8 Å². The van der Waals surface area contributed by atoms with Gasteiger partial charge in [0.2, 0.25) is 5.91 Å². The number of carboxylic acids is 1. The molecule has 1 saturated carbocycles. The molecule has 3 N–H and O–H groups in total. The zero-order chi connectivity index (χ0) is 19.6. The second-order valence-corrected chi connectivity index (χ2v) is 6.72. The molecule has 1 aliphatic rings. The Bertz CT molecular complexity index is 895. The van der Waals surface area contributed by atoms with Gasteiger partial charge in [-0.2, -0.15) is 0 Å². The first-order valence-corrected chi connectivity index (χ1v) is 8.56. The van der Waals surface area contributed by atoms with Gasteiger partial charge in [-0.15, -0.1) is 0 Å². The Balaban J connectivity index is 1.61. The molecular formula is C20H19FN2O4. The fourth-order valence-corrected chi connectivity index (χ4v) is 2.76. The highest BCUT2D eigenvalue weighted by Crippen LogP contribution is 2.38. The van der Waals surface area contributed by atoms with Gasteiger partial charge in [0.1, 0.15) is 5.82 Å². The first kappa shape index (κ1) is 18.6. The zero-order valence-corrected chi connectivity index (χ0v) is 14.7. The lowest BCUT2D eigenvalue weighted by Crippen LogP contribution is -2.15. The van der Waals surface area contributed by atoms with Crippen molar-refractivity contribution >= 4 is 29.2 Å². The van der Waals surface area contributed by atoms with Gasteiger partial charge in [-0.1, -0.05) is 13.0 Å². The molecule has 6 nitrogen and oxygen atoms in total. The second kappa shape index (κ2) is 7.57. The molecule has 2 aromatic rings. The van der Waals surface area contributed by atoms with Gasteiger partial charge in [0.15, 0.2) is 0 Å². The maximum Gasteiger partial charge on any atom is 0.307 e. The summed E-state index contributed by atoms with van der Waals surface area (Å²) in [5.41, 5.74) is 1.24. The van der Waals surface area contributed by atoms with Crippen LogP contribution in [0.5, 0.6) is 0 Å². The highest BCUT2D eigenvalue weighted by atomic mass is 19.1. The highest BCUT2D eigenvalue weighted by molar-refractivity contribution is 6.04. The van der Waals surface area contributed by atoms with Crippen molar-refractivity contribution in [2.45, 2.75) is 19.8 Å². The van der Waals surface area contributed by atoms with Crippen LogP contribution in [0, 0.1) is 17.7 Å². The van der Waals surface area contributed by atoms with Gasteiger partial charge < -0.3 is 15.7 Å². The zero-order valence-electron chi connectivity index (χ0n) is 14.7. The maximum absolute atomic E-state index is 13.9. The Labute approximate surface area is 155 Å². The molecule has 2 atom stereocenters. The summed E-state index contributed by atoms with van der Waals surface area (Å²) in [6.07, 6.45) is 0.473. The summed E-state index contributed by atoms with van der Waals surface area (Å²) in [4.78, 5) is 34.8. The summed E-state index contributed by atoms with van der Waals surface area (Å²) < 4.78 is 13.9. The van der Waals surface area contributed by atoms with Gasteiger partial charge in [-0.3, -0.25) is 14.4 Å². The molecule has 0 saturated heterocycles. The Morgan fingerprint density at radius 2 is 1.70 bits per heavy atom. The summed E-state index contributed by atoms with van der Waals surface area (Å²) in [7, 11) is 0. The quantitative estimate of drug-likeness (QED) is 0.727. The third-order valence-electron chi connectivity index (χ3n) is 4.51. The average molecular weight is 370 g/mol. The molecular weight excluding hydrogens is 351 g/mol.